The zero-order chi connectivity index (χ0) is 12.3. The van der Waals surface area contributed by atoms with Gasteiger partial charge in [0.05, 0.1) is 0 Å². The molecule has 0 atom stereocenters. The Hall–Kier alpha value is -0.610. The molecule has 0 heterocycles. The van der Waals surface area contributed by atoms with Gasteiger partial charge in [0.25, 0.3) is 0 Å². The van der Waals surface area contributed by atoms with Crippen LogP contribution in [0.15, 0.2) is 22.7 Å². The van der Waals surface area contributed by atoms with Gasteiger partial charge in [-0.2, -0.15) is 0 Å². The Morgan fingerprint density at radius 2 is 2.24 bits per heavy atom. The number of hydrogen-bond donors (Lipinski definition) is 2. The molecule has 0 spiro atoms. The van der Waals surface area contributed by atoms with Crippen molar-refractivity contribution < 1.29 is 0 Å². The molecule has 1 aliphatic rings. The summed E-state index contributed by atoms with van der Waals surface area (Å²) < 4.78 is 0.956. The average molecular weight is 313 g/mol. The fourth-order valence-corrected chi connectivity index (χ4v) is 2.76. The molecule has 1 fully saturated rings. The molecule has 0 saturated heterocycles. The highest BCUT2D eigenvalue weighted by Crippen LogP contribution is 2.33. The minimum atomic E-state index is 0.428. The van der Waals surface area contributed by atoms with Crippen molar-refractivity contribution >= 4 is 38.8 Å². The van der Waals surface area contributed by atoms with Crippen molar-refractivity contribution in [3.63, 3.8) is 0 Å². The summed E-state index contributed by atoms with van der Waals surface area (Å²) in [6.45, 7) is 1.04. The van der Waals surface area contributed by atoms with Gasteiger partial charge in [0.1, 0.15) is 4.99 Å². The van der Waals surface area contributed by atoms with Gasteiger partial charge < -0.3 is 11.1 Å². The topological polar surface area (TPSA) is 38.0 Å². The van der Waals surface area contributed by atoms with Gasteiger partial charge in [-0.3, -0.25) is 0 Å². The van der Waals surface area contributed by atoms with Gasteiger partial charge in [-0.25, -0.2) is 0 Å². The van der Waals surface area contributed by atoms with E-state index < -0.39 is 0 Å². The molecular formula is C13H17BrN2S. The maximum Gasteiger partial charge on any atom is 0.105 e. The lowest BCUT2D eigenvalue weighted by Crippen LogP contribution is -2.10. The van der Waals surface area contributed by atoms with E-state index in [2.05, 4.69) is 21.2 Å². The molecule has 0 amide bonds. The van der Waals surface area contributed by atoms with Crippen LogP contribution in [0.3, 0.4) is 0 Å². The normalized spacial score (nSPS) is 14.6. The zero-order valence-corrected chi connectivity index (χ0v) is 12.1. The van der Waals surface area contributed by atoms with Crippen LogP contribution in [0.25, 0.3) is 0 Å². The van der Waals surface area contributed by atoms with Crippen LogP contribution < -0.4 is 11.1 Å². The predicted octanol–water partition coefficient (Wildman–Crippen LogP) is 3.69. The van der Waals surface area contributed by atoms with Crippen molar-refractivity contribution in [1.82, 2.24) is 0 Å². The highest BCUT2D eigenvalue weighted by Gasteiger charge is 2.19. The van der Waals surface area contributed by atoms with Gasteiger partial charge in [0.2, 0.25) is 0 Å². The lowest BCUT2D eigenvalue weighted by molar-refractivity contribution is 0.687. The fraction of sp³-hybridized carbons (Fsp3) is 0.462. The predicted molar refractivity (Wildman–Crippen MR) is 80.5 cm³/mol. The molecule has 17 heavy (non-hydrogen) atoms. The number of benzene rings is 1. The van der Waals surface area contributed by atoms with Crippen molar-refractivity contribution in [3.8, 4) is 0 Å². The maximum atomic E-state index is 5.61. The Bertz CT molecular complexity index is 416. The quantitative estimate of drug-likeness (QED) is 0.621. The van der Waals surface area contributed by atoms with E-state index in [0.717, 1.165) is 28.2 Å². The van der Waals surface area contributed by atoms with Crippen LogP contribution in [0.4, 0.5) is 5.69 Å². The second kappa shape index (κ2) is 5.83. The summed E-state index contributed by atoms with van der Waals surface area (Å²) in [6, 6.07) is 6.01. The molecule has 1 aromatic rings. The molecule has 92 valence electrons. The van der Waals surface area contributed by atoms with Crippen molar-refractivity contribution in [1.29, 1.82) is 0 Å². The van der Waals surface area contributed by atoms with E-state index in [1.165, 1.54) is 25.7 Å². The number of hydrogen-bond acceptors (Lipinski definition) is 2. The first-order valence-corrected chi connectivity index (χ1v) is 7.20. The summed E-state index contributed by atoms with van der Waals surface area (Å²) in [6.07, 6.45) is 5.49. The van der Waals surface area contributed by atoms with Crippen molar-refractivity contribution in [2.75, 3.05) is 11.9 Å². The first-order chi connectivity index (χ1) is 8.16. The molecule has 0 aromatic heterocycles. The Morgan fingerprint density at radius 1 is 1.47 bits per heavy atom. The molecule has 4 heteroatoms. The third kappa shape index (κ3) is 3.96. The minimum Gasteiger partial charge on any atom is -0.389 e. The van der Waals surface area contributed by atoms with Gasteiger partial charge in [-0.05, 0) is 52.9 Å². The second-order valence-electron chi connectivity index (χ2n) is 4.57. The van der Waals surface area contributed by atoms with Crippen LogP contribution in [0.5, 0.6) is 0 Å². The largest absolute Gasteiger partial charge is 0.389 e. The van der Waals surface area contributed by atoms with Gasteiger partial charge in [0.15, 0.2) is 0 Å². The van der Waals surface area contributed by atoms with E-state index in [1.807, 2.05) is 18.2 Å². The van der Waals surface area contributed by atoms with E-state index in [0.29, 0.717) is 4.99 Å². The lowest BCUT2D eigenvalue weighted by atomic mass is 10.2. The van der Waals surface area contributed by atoms with Crippen molar-refractivity contribution in [2.24, 2.45) is 11.7 Å². The molecule has 0 radical (unpaired) electrons. The minimum absolute atomic E-state index is 0.428. The van der Waals surface area contributed by atoms with Crippen molar-refractivity contribution in [3.05, 3.63) is 28.2 Å². The lowest BCUT2D eigenvalue weighted by Gasteiger charge is -2.08. The molecule has 2 rings (SSSR count). The van der Waals surface area contributed by atoms with E-state index in [1.54, 1.807) is 0 Å². The number of halogens is 1. The number of thiocarbonyl (C=S) groups is 1. The Kier molecular flexibility index (Phi) is 4.40. The smallest absolute Gasteiger partial charge is 0.105 e. The Labute approximate surface area is 116 Å². The van der Waals surface area contributed by atoms with Crippen LogP contribution in [0.1, 0.15) is 31.2 Å². The maximum absolute atomic E-state index is 5.61. The molecule has 3 N–H and O–H groups in total. The summed E-state index contributed by atoms with van der Waals surface area (Å²) in [5, 5.41) is 3.42. The molecule has 2 nitrogen and oxygen atoms in total. The van der Waals surface area contributed by atoms with Crippen LogP contribution in [-0.2, 0) is 0 Å². The van der Waals surface area contributed by atoms with E-state index >= 15 is 0 Å². The molecule has 0 unspecified atom stereocenters. The number of nitrogens with two attached hydrogens (primary N) is 1. The summed E-state index contributed by atoms with van der Waals surface area (Å²) in [7, 11) is 0. The molecule has 0 bridgehead atoms. The van der Waals surface area contributed by atoms with Gasteiger partial charge >= 0.3 is 0 Å². The van der Waals surface area contributed by atoms with Gasteiger partial charge in [-0.1, -0.05) is 25.1 Å². The van der Waals surface area contributed by atoms with Crippen molar-refractivity contribution in [2.45, 2.75) is 25.7 Å². The average Bonchev–Trinajstić information content (AvgIpc) is 3.08. The van der Waals surface area contributed by atoms with Crippen LogP contribution in [0.2, 0.25) is 0 Å². The highest BCUT2D eigenvalue weighted by molar-refractivity contribution is 9.10. The zero-order valence-electron chi connectivity index (χ0n) is 9.71. The third-order valence-electron chi connectivity index (χ3n) is 3.05. The molecule has 0 aliphatic heterocycles. The number of anilines is 1. The molecule has 1 aliphatic carbocycles. The fourth-order valence-electron chi connectivity index (χ4n) is 1.85. The van der Waals surface area contributed by atoms with Crippen LogP contribution >= 0.6 is 28.1 Å². The molecule has 1 saturated carbocycles. The summed E-state index contributed by atoms with van der Waals surface area (Å²) in [5.74, 6) is 1.01. The van der Waals surface area contributed by atoms with E-state index in [9.17, 15) is 0 Å². The third-order valence-corrected chi connectivity index (χ3v) is 3.93. The van der Waals surface area contributed by atoms with Gasteiger partial charge in [-0.15, -0.1) is 0 Å². The Morgan fingerprint density at radius 3 is 2.82 bits per heavy atom. The number of rotatable bonds is 6. The Balaban J connectivity index is 1.83. The summed E-state index contributed by atoms with van der Waals surface area (Å²) >= 11 is 8.44. The molecular weight excluding hydrogens is 296 g/mol. The van der Waals surface area contributed by atoms with Crippen LogP contribution in [0, 0.1) is 5.92 Å². The number of nitrogens with one attached hydrogen (secondary N) is 1. The van der Waals surface area contributed by atoms with Crippen LogP contribution in [-0.4, -0.2) is 11.5 Å². The summed E-state index contributed by atoms with van der Waals surface area (Å²) in [5.41, 5.74) is 7.62. The first-order valence-electron chi connectivity index (χ1n) is 6.00. The standard InChI is InChI=1S/C13H17BrN2S/c14-12-8-10(5-6-11(12)13(15)17)16-7-1-2-9-3-4-9/h5-6,8-9,16H,1-4,7H2,(H2,15,17). The SMILES string of the molecule is NC(=S)c1ccc(NCCCC2CC2)cc1Br. The van der Waals surface area contributed by atoms with Gasteiger partial charge in [0, 0.05) is 22.3 Å². The monoisotopic (exact) mass is 312 g/mol. The first kappa shape index (κ1) is 12.8. The highest BCUT2D eigenvalue weighted by atomic mass is 79.9. The molecule has 1 aromatic carbocycles. The van der Waals surface area contributed by atoms with E-state index in [4.69, 9.17) is 18.0 Å². The summed E-state index contributed by atoms with van der Waals surface area (Å²) in [4.78, 5) is 0.428. The van der Waals surface area contributed by atoms with E-state index in [-0.39, 0.29) is 0 Å². The second-order valence-corrected chi connectivity index (χ2v) is 5.87.